The van der Waals surface area contributed by atoms with Crippen molar-refractivity contribution in [2.24, 2.45) is 0 Å². The second-order valence-electron chi connectivity index (χ2n) is 6.78. The van der Waals surface area contributed by atoms with Gasteiger partial charge in [0.2, 0.25) is 15.9 Å². The summed E-state index contributed by atoms with van der Waals surface area (Å²) in [5.41, 5.74) is 1.02. The molecule has 9 heteroatoms. The maximum absolute atomic E-state index is 12.7. The van der Waals surface area contributed by atoms with E-state index in [0.717, 1.165) is 5.56 Å². The van der Waals surface area contributed by atoms with E-state index >= 15 is 0 Å². The predicted octanol–water partition coefficient (Wildman–Crippen LogP) is 2.74. The smallest absolute Gasteiger partial charge is 0.240 e. The van der Waals surface area contributed by atoms with Crippen molar-refractivity contribution in [2.75, 3.05) is 38.6 Å². The average Bonchev–Trinajstić information content (AvgIpc) is 2.75. The van der Waals surface area contributed by atoms with Gasteiger partial charge in [0.15, 0.2) is 0 Å². The van der Waals surface area contributed by atoms with E-state index in [9.17, 15) is 13.2 Å². The van der Waals surface area contributed by atoms with Gasteiger partial charge >= 0.3 is 0 Å². The minimum absolute atomic E-state index is 0.0248. The molecule has 156 valence electrons. The highest BCUT2D eigenvalue weighted by atomic mass is 35.5. The molecule has 0 aliphatic carbocycles. The summed E-state index contributed by atoms with van der Waals surface area (Å²) >= 11 is 11.5. The van der Waals surface area contributed by atoms with Gasteiger partial charge in [-0.05, 0) is 29.8 Å². The fraction of sp³-hybridized carbons (Fsp3) is 0.350. The van der Waals surface area contributed by atoms with Crippen molar-refractivity contribution >= 4 is 39.1 Å². The molecule has 0 radical (unpaired) electrons. The number of amides is 1. The lowest BCUT2D eigenvalue weighted by atomic mass is 10.0. The van der Waals surface area contributed by atoms with Gasteiger partial charge in [0, 0.05) is 43.8 Å². The first-order chi connectivity index (χ1) is 13.9. The minimum Gasteiger partial charge on any atom is -0.339 e. The van der Waals surface area contributed by atoms with Crippen LogP contribution in [0.1, 0.15) is 11.6 Å². The first-order valence-corrected chi connectivity index (χ1v) is 11.7. The number of benzene rings is 2. The Morgan fingerprint density at radius 2 is 1.62 bits per heavy atom. The van der Waals surface area contributed by atoms with Crippen LogP contribution in [0.2, 0.25) is 5.02 Å². The Morgan fingerprint density at radius 1 is 1.00 bits per heavy atom. The zero-order chi connectivity index (χ0) is 20.9. The topological polar surface area (TPSA) is 69.7 Å². The zero-order valence-corrected chi connectivity index (χ0v) is 18.1. The molecule has 3 rings (SSSR count). The Bertz CT molecular complexity index is 916. The minimum atomic E-state index is -3.66. The molecule has 1 unspecified atom stereocenters. The van der Waals surface area contributed by atoms with Crippen LogP contribution < -0.4 is 4.72 Å². The van der Waals surface area contributed by atoms with Crippen LogP contribution in [0, 0.1) is 0 Å². The van der Waals surface area contributed by atoms with Crippen molar-refractivity contribution in [1.29, 1.82) is 0 Å². The molecule has 1 atom stereocenters. The second kappa shape index (κ2) is 9.91. The van der Waals surface area contributed by atoms with Gasteiger partial charge in [-0.3, -0.25) is 9.69 Å². The van der Waals surface area contributed by atoms with Gasteiger partial charge in [-0.25, -0.2) is 13.1 Å². The summed E-state index contributed by atoms with van der Waals surface area (Å²) in [5, 5.41) is 0.482. The Labute approximate surface area is 181 Å². The monoisotopic (exact) mass is 455 g/mol. The molecule has 1 heterocycles. The van der Waals surface area contributed by atoms with Crippen LogP contribution in [0.15, 0.2) is 59.5 Å². The van der Waals surface area contributed by atoms with Crippen LogP contribution in [-0.4, -0.2) is 62.7 Å². The van der Waals surface area contributed by atoms with Crippen LogP contribution >= 0.6 is 23.2 Å². The molecule has 1 aliphatic heterocycles. The van der Waals surface area contributed by atoms with Crippen LogP contribution in [0.5, 0.6) is 0 Å². The molecule has 2 aromatic carbocycles. The first kappa shape index (κ1) is 22.1. The Morgan fingerprint density at radius 3 is 2.21 bits per heavy atom. The highest BCUT2D eigenvalue weighted by Gasteiger charge is 2.28. The van der Waals surface area contributed by atoms with Gasteiger partial charge in [-0.1, -0.05) is 41.9 Å². The van der Waals surface area contributed by atoms with Crippen LogP contribution in [-0.2, 0) is 14.8 Å². The van der Waals surface area contributed by atoms with Crippen LogP contribution in [0.4, 0.5) is 0 Å². The molecule has 0 saturated carbocycles. The van der Waals surface area contributed by atoms with Gasteiger partial charge in [0.05, 0.1) is 4.90 Å². The van der Waals surface area contributed by atoms with Crippen molar-refractivity contribution in [3.63, 3.8) is 0 Å². The summed E-state index contributed by atoms with van der Waals surface area (Å²) in [7, 11) is -3.66. The summed E-state index contributed by atoms with van der Waals surface area (Å²) in [6.07, 6.45) is 0. The number of rotatable bonds is 7. The molecule has 1 N–H and O–H groups in total. The lowest BCUT2D eigenvalue weighted by Crippen LogP contribution is -2.51. The quantitative estimate of drug-likeness (QED) is 0.651. The van der Waals surface area contributed by atoms with Crippen LogP contribution in [0.3, 0.4) is 0 Å². The van der Waals surface area contributed by atoms with E-state index in [1.165, 1.54) is 12.1 Å². The van der Waals surface area contributed by atoms with E-state index in [2.05, 4.69) is 9.62 Å². The molecule has 1 amide bonds. The summed E-state index contributed by atoms with van der Waals surface area (Å²) in [6.45, 7) is 2.64. The lowest BCUT2D eigenvalue weighted by molar-refractivity contribution is -0.130. The van der Waals surface area contributed by atoms with Gasteiger partial charge in [0.1, 0.15) is 5.88 Å². The van der Waals surface area contributed by atoms with Crippen molar-refractivity contribution in [2.45, 2.75) is 10.9 Å². The van der Waals surface area contributed by atoms with Crippen molar-refractivity contribution in [3.8, 4) is 0 Å². The zero-order valence-electron chi connectivity index (χ0n) is 15.8. The number of carbonyl (C=O) groups is 1. The fourth-order valence-corrected chi connectivity index (χ4v) is 4.72. The standard InChI is InChI=1S/C20H23Cl2N3O3S/c21-14-20(26)25-12-10-24(11-13-25)19(16-4-2-1-3-5-16)15-23-29(27,28)18-8-6-17(22)7-9-18/h1-9,19,23H,10-15H2. The van der Waals surface area contributed by atoms with Gasteiger partial charge in [-0.15, -0.1) is 11.6 Å². The van der Waals surface area contributed by atoms with Crippen molar-refractivity contribution in [1.82, 2.24) is 14.5 Å². The lowest BCUT2D eigenvalue weighted by Gasteiger charge is -2.39. The van der Waals surface area contributed by atoms with E-state index in [4.69, 9.17) is 23.2 Å². The molecule has 0 bridgehead atoms. The normalized spacial score (nSPS) is 16.6. The number of alkyl halides is 1. The maximum atomic E-state index is 12.7. The van der Waals surface area contributed by atoms with Gasteiger partial charge in [0.25, 0.3) is 0 Å². The molecule has 29 heavy (non-hydrogen) atoms. The molecule has 1 saturated heterocycles. The van der Waals surface area contributed by atoms with Gasteiger partial charge in [-0.2, -0.15) is 0 Å². The third-order valence-electron chi connectivity index (χ3n) is 5.00. The maximum Gasteiger partial charge on any atom is 0.240 e. The Kier molecular flexibility index (Phi) is 7.54. The SMILES string of the molecule is O=C(CCl)N1CCN(C(CNS(=O)(=O)c2ccc(Cl)cc2)c2ccccc2)CC1. The van der Waals surface area contributed by atoms with E-state index < -0.39 is 10.0 Å². The van der Waals surface area contributed by atoms with E-state index in [1.54, 1.807) is 17.0 Å². The third kappa shape index (κ3) is 5.71. The second-order valence-corrected chi connectivity index (χ2v) is 9.25. The highest BCUT2D eigenvalue weighted by Crippen LogP contribution is 2.23. The Balaban J connectivity index is 1.73. The number of hydrogen-bond acceptors (Lipinski definition) is 4. The molecular formula is C20H23Cl2N3O3S. The number of sulfonamides is 1. The first-order valence-electron chi connectivity index (χ1n) is 9.28. The molecule has 1 aliphatic rings. The molecular weight excluding hydrogens is 433 g/mol. The molecule has 1 fully saturated rings. The highest BCUT2D eigenvalue weighted by molar-refractivity contribution is 7.89. The summed E-state index contributed by atoms with van der Waals surface area (Å²) < 4.78 is 28.1. The van der Waals surface area contributed by atoms with Gasteiger partial charge < -0.3 is 4.90 Å². The Hall–Kier alpha value is -1.64. The molecule has 2 aromatic rings. The fourth-order valence-electron chi connectivity index (χ4n) is 3.39. The van der Waals surface area contributed by atoms with E-state index in [-0.39, 0.29) is 29.3 Å². The molecule has 6 nitrogen and oxygen atoms in total. The summed E-state index contributed by atoms with van der Waals surface area (Å²) in [6, 6.07) is 15.7. The number of hydrogen-bond donors (Lipinski definition) is 1. The number of carbonyl (C=O) groups excluding carboxylic acids is 1. The largest absolute Gasteiger partial charge is 0.339 e. The number of halogens is 2. The average molecular weight is 456 g/mol. The van der Waals surface area contributed by atoms with Crippen LogP contribution in [0.25, 0.3) is 0 Å². The van der Waals surface area contributed by atoms with Crippen molar-refractivity contribution < 1.29 is 13.2 Å². The number of piperazine rings is 1. The summed E-state index contributed by atoms with van der Waals surface area (Å²) in [4.78, 5) is 15.9. The molecule has 0 aromatic heterocycles. The number of nitrogens with one attached hydrogen (secondary N) is 1. The number of nitrogens with zero attached hydrogens (tertiary/aromatic N) is 2. The van der Waals surface area contributed by atoms with E-state index in [0.29, 0.717) is 31.2 Å². The summed E-state index contributed by atoms with van der Waals surface area (Å²) in [5.74, 6) is -0.103. The van der Waals surface area contributed by atoms with Crippen molar-refractivity contribution in [3.05, 3.63) is 65.2 Å². The predicted molar refractivity (Wildman–Crippen MR) is 115 cm³/mol. The third-order valence-corrected chi connectivity index (χ3v) is 6.92. The van der Waals surface area contributed by atoms with E-state index in [1.807, 2.05) is 30.3 Å². The molecule has 0 spiro atoms.